The SMILES string of the molecule is [N-]=[N+]=NCCC(CC(F)(F)C(F)(F)C(F)(F)C(F)(F)F)P(=O)(c1ccccc1)c1ccccc1. The Morgan fingerprint density at radius 3 is 1.62 bits per heavy atom. The Morgan fingerprint density at radius 1 is 0.794 bits per heavy atom. The van der Waals surface area contributed by atoms with Gasteiger partial charge in [-0.2, -0.15) is 39.5 Å². The van der Waals surface area contributed by atoms with Gasteiger partial charge < -0.3 is 4.57 Å². The highest BCUT2D eigenvalue weighted by atomic mass is 31.2. The lowest BCUT2D eigenvalue weighted by Crippen LogP contribution is -2.61. The van der Waals surface area contributed by atoms with Gasteiger partial charge in [0.05, 0.1) is 0 Å². The van der Waals surface area contributed by atoms with Gasteiger partial charge in [-0.3, -0.25) is 0 Å². The van der Waals surface area contributed by atoms with Gasteiger partial charge in [0.1, 0.15) is 7.14 Å². The van der Waals surface area contributed by atoms with Crippen molar-refractivity contribution < 1.29 is 44.1 Å². The number of nitrogens with zero attached hydrogens (tertiary/aromatic N) is 3. The smallest absolute Gasteiger partial charge is 0.313 e. The zero-order valence-corrected chi connectivity index (χ0v) is 18.0. The van der Waals surface area contributed by atoms with Gasteiger partial charge in [-0.05, 0) is 12.0 Å². The van der Waals surface area contributed by atoms with Crippen molar-refractivity contribution in [3.05, 3.63) is 71.1 Å². The quantitative estimate of drug-likeness (QED) is 0.111. The van der Waals surface area contributed by atoms with Gasteiger partial charge in [-0.15, -0.1) is 0 Å². The van der Waals surface area contributed by atoms with E-state index < -0.39 is 56.1 Å². The molecule has 2 aromatic carbocycles. The van der Waals surface area contributed by atoms with Crippen LogP contribution in [0.3, 0.4) is 0 Å². The normalized spacial score (nSPS) is 14.4. The van der Waals surface area contributed by atoms with Crippen LogP contribution in [0.2, 0.25) is 0 Å². The summed E-state index contributed by atoms with van der Waals surface area (Å²) in [4.78, 5) is 2.38. The summed E-state index contributed by atoms with van der Waals surface area (Å²) in [7, 11) is -4.36. The van der Waals surface area contributed by atoms with Crippen LogP contribution in [0.1, 0.15) is 12.8 Å². The van der Waals surface area contributed by atoms with Crippen molar-refractivity contribution in [2.45, 2.75) is 42.4 Å². The first-order valence-electron chi connectivity index (χ1n) is 9.55. The molecule has 0 saturated carbocycles. The standard InChI is InChI=1S/C20H17F9N3OP/c21-17(22,18(23,24)19(25,26)20(27,28)29)13-16(11-12-31-32-30)34(33,14-7-3-1-4-8-14)15-9-5-2-6-10-15/h1-10,16H,11-13H2. The third-order valence-electron chi connectivity index (χ3n) is 5.12. The molecule has 14 heteroatoms. The molecule has 1 unspecified atom stereocenters. The van der Waals surface area contributed by atoms with Crippen LogP contribution in [0, 0.1) is 0 Å². The lowest BCUT2D eigenvalue weighted by atomic mass is 9.98. The molecule has 2 aromatic rings. The lowest BCUT2D eigenvalue weighted by Gasteiger charge is -2.37. The van der Waals surface area contributed by atoms with E-state index in [2.05, 4.69) is 10.0 Å². The second-order valence-corrected chi connectivity index (χ2v) is 10.4. The van der Waals surface area contributed by atoms with Gasteiger partial charge in [0.25, 0.3) is 0 Å². The molecule has 0 radical (unpaired) electrons. The summed E-state index contributed by atoms with van der Waals surface area (Å²) in [5.41, 5.74) is 6.39. The molecule has 2 rings (SSSR count). The van der Waals surface area contributed by atoms with Crippen LogP contribution >= 0.6 is 7.14 Å². The van der Waals surface area contributed by atoms with E-state index in [1.54, 1.807) is 0 Å². The number of azide groups is 1. The van der Waals surface area contributed by atoms with Gasteiger partial charge in [-0.25, -0.2) is 0 Å². The van der Waals surface area contributed by atoms with E-state index >= 15 is 0 Å². The predicted molar refractivity (Wildman–Crippen MR) is 108 cm³/mol. The summed E-state index contributed by atoms with van der Waals surface area (Å²) in [5.74, 6) is -19.9. The Labute approximate surface area is 187 Å². The molecule has 1 atom stereocenters. The number of rotatable bonds is 10. The van der Waals surface area contributed by atoms with Crippen molar-refractivity contribution in [3.63, 3.8) is 0 Å². The van der Waals surface area contributed by atoms with Crippen LogP contribution < -0.4 is 10.6 Å². The zero-order valence-electron chi connectivity index (χ0n) is 17.1. The predicted octanol–water partition coefficient (Wildman–Crippen LogP) is 6.93. The fourth-order valence-corrected chi connectivity index (χ4v) is 6.70. The second kappa shape index (κ2) is 9.92. The molecule has 0 heterocycles. The maximum Gasteiger partial charge on any atom is 0.460 e. The second-order valence-electron chi connectivity index (χ2n) is 7.28. The summed E-state index contributed by atoms with van der Waals surface area (Å²) in [5, 5.41) is 2.86. The molecule has 0 spiro atoms. The molecule has 0 N–H and O–H groups in total. The minimum atomic E-state index is -7.07. The molecule has 186 valence electrons. The summed E-state index contributed by atoms with van der Waals surface area (Å²) in [6, 6.07) is 13.3. The molecule has 0 saturated heterocycles. The highest BCUT2D eigenvalue weighted by Gasteiger charge is 2.81. The van der Waals surface area contributed by atoms with E-state index in [1.807, 2.05) is 0 Å². The largest absolute Gasteiger partial charge is 0.460 e. The highest BCUT2D eigenvalue weighted by Crippen LogP contribution is 2.59. The molecule has 0 fully saturated rings. The van der Waals surface area contributed by atoms with E-state index in [9.17, 15) is 44.1 Å². The average molecular weight is 517 g/mol. The first-order chi connectivity index (χ1) is 15.6. The minimum Gasteiger partial charge on any atom is -0.313 e. The maximum atomic E-state index is 14.6. The van der Waals surface area contributed by atoms with E-state index in [0.717, 1.165) is 0 Å². The van der Waals surface area contributed by atoms with E-state index in [4.69, 9.17) is 5.53 Å². The molecule has 0 aliphatic rings. The van der Waals surface area contributed by atoms with Gasteiger partial charge in [0.2, 0.25) is 0 Å². The molecule has 0 aromatic heterocycles. The van der Waals surface area contributed by atoms with Crippen molar-refractivity contribution in [2.24, 2.45) is 5.11 Å². The van der Waals surface area contributed by atoms with Crippen molar-refractivity contribution in [2.75, 3.05) is 6.54 Å². The summed E-state index contributed by atoms with van der Waals surface area (Å²) in [6.07, 6.45) is -10.0. The van der Waals surface area contributed by atoms with E-state index in [1.165, 1.54) is 60.7 Å². The molecular formula is C20H17F9N3OP. The third kappa shape index (κ3) is 5.05. The first kappa shape index (κ1) is 27.6. The van der Waals surface area contributed by atoms with Gasteiger partial charge in [0.15, 0.2) is 0 Å². The molecule has 0 bridgehead atoms. The average Bonchev–Trinajstić information content (AvgIpc) is 2.78. The Balaban J connectivity index is 2.68. The van der Waals surface area contributed by atoms with Crippen molar-refractivity contribution in [3.8, 4) is 0 Å². The van der Waals surface area contributed by atoms with Gasteiger partial charge in [0, 0.05) is 34.1 Å². The van der Waals surface area contributed by atoms with Crippen LogP contribution in [-0.2, 0) is 4.57 Å². The van der Waals surface area contributed by atoms with Crippen molar-refractivity contribution in [1.82, 2.24) is 0 Å². The van der Waals surface area contributed by atoms with E-state index in [-0.39, 0.29) is 10.6 Å². The maximum absolute atomic E-state index is 14.6. The lowest BCUT2D eigenvalue weighted by molar-refractivity contribution is -0.396. The highest BCUT2D eigenvalue weighted by molar-refractivity contribution is 7.79. The molecular weight excluding hydrogens is 500 g/mol. The Morgan fingerprint density at radius 2 is 1.24 bits per heavy atom. The van der Waals surface area contributed by atoms with Crippen LogP contribution in [0.5, 0.6) is 0 Å². The fourth-order valence-electron chi connectivity index (χ4n) is 3.37. The molecule has 0 aliphatic heterocycles. The van der Waals surface area contributed by atoms with Crippen LogP contribution in [0.15, 0.2) is 65.8 Å². The number of alkyl halides is 9. The Hall–Kier alpha value is -2.65. The summed E-state index contributed by atoms with van der Waals surface area (Å²) in [6.45, 7) is -0.651. The van der Waals surface area contributed by atoms with Crippen molar-refractivity contribution in [1.29, 1.82) is 0 Å². The number of benzene rings is 2. The Kier molecular flexibility index (Phi) is 8.05. The number of hydrogen-bond acceptors (Lipinski definition) is 2. The monoisotopic (exact) mass is 517 g/mol. The molecule has 0 amide bonds. The van der Waals surface area contributed by atoms with E-state index in [0.29, 0.717) is 0 Å². The van der Waals surface area contributed by atoms with Gasteiger partial charge in [-0.1, -0.05) is 65.8 Å². The fraction of sp³-hybridized carbons (Fsp3) is 0.400. The number of halogens is 9. The van der Waals surface area contributed by atoms with Crippen molar-refractivity contribution >= 4 is 17.8 Å². The van der Waals surface area contributed by atoms with Crippen LogP contribution in [0.4, 0.5) is 39.5 Å². The van der Waals surface area contributed by atoms with Crippen LogP contribution in [-0.4, -0.2) is 36.1 Å². The van der Waals surface area contributed by atoms with Crippen LogP contribution in [0.25, 0.3) is 10.4 Å². The molecule has 4 nitrogen and oxygen atoms in total. The summed E-state index contributed by atoms with van der Waals surface area (Å²) < 4.78 is 136. The topological polar surface area (TPSA) is 65.8 Å². The summed E-state index contributed by atoms with van der Waals surface area (Å²) >= 11 is 0. The first-order valence-corrected chi connectivity index (χ1v) is 11.3. The van der Waals surface area contributed by atoms with Gasteiger partial charge >= 0.3 is 23.9 Å². The molecule has 0 aliphatic carbocycles. The minimum absolute atomic E-state index is 0.117. The zero-order chi connectivity index (χ0) is 25.8. The molecule has 34 heavy (non-hydrogen) atoms. The third-order valence-corrected chi connectivity index (χ3v) is 8.72. The Bertz CT molecular complexity index is 1010. The number of hydrogen-bond donors (Lipinski definition) is 0.